The Morgan fingerprint density at radius 3 is 2.78 bits per heavy atom. The lowest BCUT2D eigenvalue weighted by Gasteiger charge is -2.29. The van der Waals surface area contributed by atoms with Gasteiger partial charge >= 0.3 is 5.97 Å². The molecule has 0 spiro atoms. The summed E-state index contributed by atoms with van der Waals surface area (Å²) in [6.45, 7) is 4.49. The molecule has 2 unspecified atom stereocenters. The molecule has 146 valence electrons. The van der Waals surface area contributed by atoms with Crippen LogP contribution < -0.4 is 5.32 Å². The monoisotopic (exact) mass is 373 g/mol. The molecule has 2 atom stereocenters. The number of ether oxygens (including phenoxy) is 2. The van der Waals surface area contributed by atoms with E-state index >= 15 is 0 Å². The van der Waals surface area contributed by atoms with E-state index in [1.807, 2.05) is 25.1 Å². The molecule has 1 fully saturated rings. The number of hydrogen-bond acceptors (Lipinski definition) is 5. The first-order valence-electron chi connectivity index (χ1n) is 9.64. The zero-order chi connectivity index (χ0) is 19.2. The Labute approximate surface area is 159 Å². The Morgan fingerprint density at radius 2 is 2.00 bits per heavy atom. The Kier molecular flexibility index (Phi) is 6.50. The van der Waals surface area contributed by atoms with Crippen LogP contribution >= 0.6 is 0 Å². The van der Waals surface area contributed by atoms with Gasteiger partial charge in [0.05, 0.1) is 6.61 Å². The summed E-state index contributed by atoms with van der Waals surface area (Å²) in [4.78, 5) is 24.7. The molecule has 0 saturated heterocycles. The molecule has 6 nitrogen and oxygen atoms in total. The maximum atomic E-state index is 12.5. The summed E-state index contributed by atoms with van der Waals surface area (Å²) in [6, 6.07) is 7.54. The molecule has 1 amide bonds. The van der Waals surface area contributed by atoms with E-state index in [0.29, 0.717) is 23.7 Å². The van der Waals surface area contributed by atoms with Gasteiger partial charge in [-0.1, -0.05) is 38.0 Å². The lowest BCUT2D eigenvalue weighted by molar-refractivity contribution is -0.125. The van der Waals surface area contributed by atoms with Crippen LogP contribution in [0.2, 0.25) is 0 Å². The molecule has 2 aromatic rings. The molecule has 3 rings (SSSR count). The van der Waals surface area contributed by atoms with Crippen LogP contribution in [0.5, 0.6) is 0 Å². The number of furan rings is 1. The van der Waals surface area contributed by atoms with Crippen LogP contribution in [0.1, 0.15) is 55.6 Å². The fourth-order valence-corrected chi connectivity index (χ4v) is 3.59. The zero-order valence-corrected chi connectivity index (χ0v) is 16.0. The topological polar surface area (TPSA) is 77.8 Å². The van der Waals surface area contributed by atoms with Crippen LogP contribution in [0.15, 0.2) is 28.7 Å². The van der Waals surface area contributed by atoms with Gasteiger partial charge in [0.1, 0.15) is 5.58 Å². The number of amides is 1. The van der Waals surface area contributed by atoms with Crippen molar-refractivity contribution in [1.82, 2.24) is 5.32 Å². The summed E-state index contributed by atoms with van der Waals surface area (Å²) in [6.07, 6.45) is 4.42. The Balaban J connectivity index is 1.64. The van der Waals surface area contributed by atoms with Crippen LogP contribution in [0.3, 0.4) is 0 Å². The smallest absolute Gasteiger partial charge is 0.375 e. The number of carbonyl (C=O) groups excluding carboxylic acids is 2. The van der Waals surface area contributed by atoms with Crippen LogP contribution in [-0.4, -0.2) is 31.1 Å². The normalized spacial score (nSPS) is 19.8. The average molecular weight is 373 g/mol. The molecule has 27 heavy (non-hydrogen) atoms. The predicted molar refractivity (Wildman–Crippen MR) is 101 cm³/mol. The van der Waals surface area contributed by atoms with Gasteiger partial charge in [0.15, 0.2) is 6.61 Å². The van der Waals surface area contributed by atoms with E-state index in [0.717, 1.165) is 24.6 Å². The summed E-state index contributed by atoms with van der Waals surface area (Å²) in [5, 5.41) is 3.80. The summed E-state index contributed by atoms with van der Waals surface area (Å²) in [7, 11) is 0. The lowest BCUT2D eigenvalue weighted by Crippen LogP contribution is -2.42. The first-order chi connectivity index (χ1) is 13.1. The molecule has 1 saturated carbocycles. The third-order valence-corrected chi connectivity index (χ3v) is 5.13. The minimum absolute atomic E-state index is 0.100. The van der Waals surface area contributed by atoms with Crippen molar-refractivity contribution in [2.24, 2.45) is 5.92 Å². The molecule has 1 aliphatic rings. The highest BCUT2D eigenvalue weighted by atomic mass is 16.5. The van der Waals surface area contributed by atoms with Gasteiger partial charge in [0, 0.05) is 23.6 Å². The number of fused-ring (bicyclic) bond motifs is 1. The van der Waals surface area contributed by atoms with Gasteiger partial charge in [0.2, 0.25) is 5.76 Å². The lowest BCUT2D eigenvalue weighted by atomic mass is 9.86. The predicted octanol–water partition coefficient (Wildman–Crippen LogP) is 3.82. The molecule has 1 N–H and O–H groups in total. The number of benzene rings is 1. The molecule has 0 bridgehead atoms. The van der Waals surface area contributed by atoms with Gasteiger partial charge < -0.3 is 19.2 Å². The number of nitrogens with one attached hydrogen (secondary N) is 1. The third kappa shape index (κ3) is 4.69. The van der Waals surface area contributed by atoms with Gasteiger partial charge in [-0.25, -0.2) is 4.79 Å². The van der Waals surface area contributed by atoms with Crippen LogP contribution in [0.4, 0.5) is 0 Å². The van der Waals surface area contributed by atoms with E-state index < -0.39 is 5.97 Å². The number of carbonyl (C=O) groups is 2. The number of hydrogen-bond donors (Lipinski definition) is 1. The second-order valence-electron chi connectivity index (χ2n) is 7.05. The second-order valence-corrected chi connectivity index (χ2v) is 7.05. The highest BCUT2D eigenvalue weighted by Gasteiger charge is 2.25. The van der Waals surface area contributed by atoms with E-state index in [9.17, 15) is 9.59 Å². The highest BCUT2D eigenvalue weighted by Crippen LogP contribution is 2.27. The third-order valence-electron chi connectivity index (χ3n) is 5.13. The molecule has 6 heteroatoms. The Hall–Kier alpha value is -2.34. The van der Waals surface area contributed by atoms with Crippen LogP contribution in [-0.2, 0) is 20.9 Å². The minimum Gasteiger partial charge on any atom is -0.450 e. The standard InChI is InChI=1S/C21H27NO5/c1-3-25-12-16-15-9-5-7-11-18(15)27-20(16)21(24)26-13-19(23)22-17-10-6-4-8-14(17)2/h5,7,9,11,14,17H,3-4,6,8,10,12-13H2,1-2H3,(H,22,23). The number of rotatable bonds is 7. The summed E-state index contributed by atoms with van der Waals surface area (Å²) < 4.78 is 16.4. The zero-order valence-electron chi connectivity index (χ0n) is 16.0. The van der Waals surface area contributed by atoms with Crippen molar-refractivity contribution in [2.75, 3.05) is 13.2 Å². The van der Waals surface area contributed by atoms with Gasteiger partial charge in [-0.3, -0.25) is 4.79 Å². The highest BCUT2D eigenvalue weighted by molar-refractivity contribution is 5.96. The van der Waals surface area contributed by atoms with E-state index in [2.05, 4.69) is 12.2 Å². The van der Waals surface area contributed by atoms with Crippen LogP contribution in [0, 0.1) is 5.92 Å². The summed E-state index contributed by atoms with van der Waals surface area (Å²) in [5.41, 5.74) is 1.25. The molecule has 0 aliphatic heterocycles. The van der Waals surface area contributed by atoms with E-state index in [-0.39, 0.29) is 30.9 Å². The molecular weight excluding hydrogens is 346 g/mol. The minimum atomic E-state index is -0.646. The van der Waals surface area contributed by atoms with Gasteiger partial charge in [0.25, 0.3) is 5.91 Å². The first-order valence-corrected chi connectivity index (χ1v) is 9.64. The molecular formula is C21H27NO5. The quantitative estimate of drug-likeness (QED) is 0.747. The Morgan fingerprint density at radius 1 is 1.22 bits per heavy atom. The van der Waals surface area contributed by atoms with Gasteiger partial charge in [-0.05, 0) is 31.7 Å². The van der Waals surface area contributed by atoms with E-state index in [4.69, 9.17) is 13.9 Å². The molecule has 1 heterocycles. The van der Waals surface area contributed by atoms with Crippen LogP contribution in [0.25, 0.3) is 11.0 Å². The van der Waals surface area contributed by atoms with Gasteiger partial charge in [-0.2, -0.15) is 0 Å². The largest absolute Gasteiger partial charge is 0.450 e. The molecule has 0 radical (unpaired) electrons. The van der Waals surface area contributed by atoms with E-state index in [1.165, 1.54) is 6.42 Å². The van der Waals surface area contributed by atoms with Crippen molar-refractivity contribution >= 4 is 22.8 Å². The summed E-state index contributed by atoms with van der Waals surface area (Å²) >= 11 is 0. The maximum absolute atomic E-state index is 12.5. The second kappa shape index (κ2) is 9.04. The fourth-order valence-electron chi connectivity index (χ4n) is 3.59. The molecule has 1 aromatic heterocycles. The number of para-hydroxylation sites is 1. The van der Waals surface area contributed by atoms with Crippen molar-refractivity contribution in [3.8, 4) is 0 Å². The summed E-state index contributed by atoms with van der Waals surface area (Å²) in [5.74, 6) is -0.368. The van der Waals surface area contributed by atoms with Crippen molar-refractivity contribution in [3.05, 3.63) is 35.6 Å². The number of esters is 1. The Bertz CT molecular complexity index is 797. The SMILES string of the molecule is CCOCc1c(C(=O)OCC(=O)NC2CCCCC2C)oc2ccccc12. The van der Waals surface area contributed by atoms with Crippen molar-refractivity contribution in [2.45, 2.75) is 52.2 Å². The fraction of sp³-hybridized carbons (Fsp3) is 0.524. The maximum Gasteiger partial charge on any atom is 0.375 e. The average Bonchev–Trinajstić information content (AvgIpc) is 3.05. The van der Waals surface area contributed by atoms with E-state index in [1.54, 1.807) is 6.07 Å². The van der Waals surface area contributed by atoms with Crippen molar-refractivity contribution < 1.29 is 23.5 Å². The van der Waals surface area contributed by atoms with Gasteiger partial charge in [-0.15, -0.1) is 0 Å². The van der Waals surface area contributed by atoms with Crippen molar-refractivity contribution in [1.29, 1.82) is 0 Å². The molecule has 1 aliphatic carbocycles. The first kappa shape index (κ1) is 19.4. The molecule has 1 aromatic carbocycles. The van der Waals surface area contributed by atoms with Crippen molar-refractivity contribution in [3.63, 3.8) is 0 Å².